The number of nitrogens with zero attached hydrogens (tertiary/aromatic N) is 1. The van der Waals surface area contributed by atoms with Gasteiger partial charge in [0.05, 0.1) is 32.0 Å². The molecular formula is C25H32FNO3. The van der Waals surface area contributed by atoms with E-state index < -0.39 is 5.60 Å². The third-order valence-electron chi connectivity index (χ3n) is 6.82. The quantitative estimate of drug-likeness (QED) is 0.739. The van der Waals surface area contributed by atoms with E-state index in [2.05, 4.69) is 17.0 Å². The summed E-state index contributed by atoms with van der Waals surface area (Å²) in [6.07, 6.45) is 4.59. The first kappa shape index (κ1) is 21.3. The summed E-state index contributed by atoms with van der Waals surface area (Å²) in [4.78, 5) is 2.35. The van der Waals surface area contributed by atoms with Crippen LogP contribution in [0.25, 0.3) is 0 Å². The molecule has 4 nitrogen and oxygen atoms in total. The number of hydrogen-bond donors (Lipinski definition) is 1. The molecular weight excluding hydrogens is 381 g/mol. The van der Waals surface area contributed by atoms with Crippen LogP contribution in [-0.4, -0.2) is 48.5 Å². The number of morpholine rings is 1. The lowest BCUT2D eigenvalue weighted by molar-refractivity contribution is -0.140. The Morgan fingerprint density at radius 3 is 2.67 bits per heavy atom. The minimum Gasteiger partial charge on any atom is -0.496 e. The van der Waals surface area contributed by atoms with Crippen molar-refractivity contribution in [2.45, 2.75) is 50.3 Å². The van der Waals surface area contributed by atoms with Crippen molar-refractivity contribution in [2.75, 3.05) is 26.9 Å². The first-order valence-electron chi connectivity index (χ1n) is 11.0. The van der Waals surface area contributed by atoms with Crippen molar-refractivity contribution in [1.29, 1.82) is 0 Å². The summed E-state index contributed by atoms with van der Waals surface area (Å²) in [5.74, 6) is 0.482. The molecule has 1 aliphatic carbocycles. The number of ether oxygens (including phenoxy) is 2. The third kappa shape index (κ3) is 4.53. The molecule has 2 aliphatic rings. The van der Waals surface area contributed by atoms with Gasteiger partial charge in [0.1, 0.15) is 11.6 Å². The number of rotatable bonds is 7. The summed E-state index contributed by atoms with van der Waals surface area (Å²) >= 11 is 0. The predicted molar refractivity (Wildman–Crippen MR) is 115 cm³/mol. The minimum atomic E-state index is -1.01. The third-order valence-corrected chi connectivity index (χ3v) is 6.82. The summed E-state index contributed by atoms with van der Waals surface area (Å²) in [7, 11) is 1.59. The van der Waals surface area contributed by atoms with Crippen LogP contribution in [0.3, 0.4) is 0 Å². The molecule has 1 aliphatic heterocycles. The second-order valence-corrected chi connectivity index (χ2v) is 8.65. The molecule has 162 valence electrons. The second kappa shape index (κ2) is 9.46. The van der Waals surface area contributed by atoms with E-state index >= 15 is 0 Å². The Bertz CT molecular complexity index is 824. The molecule has 1 N–H and O–H groups in total. The fourth-order valence-electron chi connectivity index (χ4n) is 5.26. The van der Waals surface area contributed by atoms with Crippen molar-refractivity contribution >= 4 is 0 Å². The number of halogens is 1. The summed E-state index contributed by atoms with van der Waals surface area (Å²) in [6, 6.07) is 14.8. The molecule has 1 saturated heterocycles. The molecule has 5 heteroatoms. The van der Waals surface area contributed by atoms with Crippen LogP contribution in [0.5, 0.6) is 5.75 Å². The smallest absolute Gasteiger partial charge is 0.123 e. The Kier molecular flexibility index (Phi) is 6.71. The van der Waals surface area contributed by atoms with Gasteiger partial charge < -0.3 is 14.6 Å². The highest BCUT2D eigenvalue weighted by Crippen LogP contribution is 2.42. The van der Waals surface area contributed by atoms with Gasteiger partial charge in [-0.25, -0.2) is 4.39 Å². The molecule has 0 bridgehead atoms. The van der Waals surface area contributed by atoms with Gasteiger partial charge in [0, 0.05) is 19.5 Å². The van der Waals surface area contributed by atoms with E-state index in [4.69, 9.17) is 9.47 Å². The fourth-order valence-corrected chi connectivity index (χ4v) is 5.26. The zero-order valence-corrected chi connectivity index (χ0v) is 17.7. The van der Waals surface area contributed by atoms with Crippen molar-refractivity contribution in [2.24, 2.45) is 5.92 Å². The van der Waals surface area contributed by atoms with Crippen LogP contribution in [0.1, 0.15) is 36.8 Å². The zero-order chi connectivity index (χ0) is 21.0. The average Bonchev–Trinajstić information content (AvgIpc) is 3.31. The number of hydrogen-bond acceptors (Lipinski definition) is 4. The van der Waals surface area contributed by atoms with E-state index in [0.29, 0.717) is 25.4 Å². The van der Waals surface area contributed by atoms with Gasteiger partial charge in [-0.2, -0.15) is 0 Å². The second-order valence-electron chi connectivity index (χ2n) is 8.65. The maximum absolute atomic E-state index is 14.1. The molecule has 4 rings (SSSR count). The lowest BCUT2D eigenvalue weighted by Crippen LogP contribution is -2.62. The first-order chi connectivity index (χ1) is 14.6. The zero-order valence-electron chi connectivity index (χ0n) is 17.7. The Balaban J connectivity index is 1.67. The van der Waals surface area contributed by atoms with Gasteiger partial charge in [0.2, 0.25) is 0 Å². The monoisotopic (exact) mass is 413 g/mol. The van der Waals surface area contributed by atoms with Gasteiger partial charge in [-0.15, -0.1) is 0 Å². The van der Waals surface area contributed by atoms with E-state index in [1.807, 2.05) is 18.2 Å². The molecule has 2 atom stereocenters. The number of benzene rings is 2. The lowest BCUT2D eigenvalue weighted by Gasteiger charge is -2.48. The van der Waals surface area contributed by atoms with Crippen molar-refractivity contribution in [3.8, 4) is 5.75 Å². The largest absolute Gasteiger partial charge is 0.496 e. The summed E-state index contributed by atoms with van der Waals surface area (Å²) < 4.78 is 25.4. The van der Waals surface area contributed by atoms with Gasteiger partial charge in [0.15, 0.2) is 0 Å². The highest BCUT2D eigenvalue weighted by atomic mass is 19.1. The SMILES string of the molecule is COc1ccc(F)cc1CC(O)(C1CCCC1)C1COCCN1Cc1ccccc1. The standard InChI is InChI=1S/C25H32FNO3/c1-29-23-12-11-22(26)15-20(23)16-25(28,21-9-5-6-10-21)24-18-30-14-13-27(24)17-19-7-3-2-4-8-19/h2-4,7-8,11-12,15,21,24,28H,5-6,9-10,13-14,16-18H2,1H3. The van der Waals surface area contributed by atoms with E-state index in [1.54, 1.807) is 13.2 Å². The molecule has 0 spiro atoms. The van der Waals surface area contributed by atoms with E-state index in [-0.39, 0.29) is 17.8 Å². The van der Waals surface area contributed by atoms with Crippen molar-refractivity contribution in [1.82, 2.24) is 4.90 Å². The normalized spacial score (nSPS) is 22.7. The van der Waals surface area contributed by atoms with E-state index in [1.165, 1.54) is 17.7 Å². The average molecular weight is 414 g/mol. The fraction of sp³-hybridized carbons (Fsp3) is 0.520. The molecule has 0 aromatic heterocycles. The van der Waals surface area contributed by atoms with Gasteiger partial charge in [-0.05, 0) is 48.1 Å². The molecule has 2 unspecified atom stereocenters. The predicted octanol–water partition coefficient (Wildman–Crippen LogP) is 4.20. The Hall–Kier alpha value is -1.95. The van der Waals surface area contributed by atoms with Crippen LogP contribution < -0.4 is 4.74 Å². The molecule has 1 heterocycles. The molecule has 2 aromatic carbocycles. The molecule has 2 fully saturated rings. The number of methoxy groups -OCH3 is 1. The maximum Gasteiger partial charge on any atom is 0.123 e. The molecule has 1 saturated carbocycles. The van der Waals surface area contributed by atoms with Crippen LogP contribution in [0.4, 0.5) is 4.39 Å². The molecule has 0 amide bonds. The molecule has 2 aromatic rings. The van der Waals surface area contributed by atoms with Gasteiger partial charge in [-0.1, -0.05) is 43.2 Å². The topological polar surface area (TPSA) is 41.9 Å². The Morgan fingerprint density at radius 1 is 1.17 bits per heavy atom. The Labute approximate surface area is 178 Å². The van der Waals surface area contributed by atoms with Crippen LogP contribution >= 0.6 is 0 Å². The Morgan fingerprint density at radius 2 is 1.93 bits per heavy atom. The van der Waals surface area contributed by atoms with Crippen molar-refractivity contribution in [3.05, 3.63) is 65.5 Å². The summed E-state index contributed by atoms with van der Waals surface area (Å²) in [6.45, 7) is 2.68. The maximum atomic E-state index is 14.1. The van der Waals surface area contributed by atoms with Gasteiger partial charge >= 0.3 is 0 Å². The van der Waals surface area contributed by atoms with Crippen LogP contribution in [-0.2, 0) is 17.7 Å². The molecule has 30 heavy (non-hydrogen) atoms. The van der Waals surface area contributed by atoms with E-state index in [9.17, 15) is 9.50 Å². The highest BCUT2D eigenvalue weighted by molar-refractivity contribution is 5.36. The summed E-state index contributed by atoms with van der Waals surface area (Å²) in [5.41, 5.74) is 0.936. The van der Waals surface area contributed by atoms with Crippen molar-refractivity contribution < 1.29 is 19.0 Å². The first-order valence-corrected chi connectivity index (χ1v) is 11.0. The van der Waals surface area contributed by atoms with E-state index in [0.717, 1.165) is 44.3 Å². The highest BCUT2D eigenvalue weighted by Gasteiger charge is 2.48. The lowest BCUT2D eigenvalue weighted by atomic mass is 9.74. The van der Waals surface area contributed by atoms with Gasteiger partial charge in [0.25, 0.3) is 0 Å². The van der Waals surface area contributed by atoms with Crippen LogP contribution in [0.2, 0.25) is 0 Å². The number of aliphatic hydroxyl groups is 1. The van der Waals surface area contributed by atoms with Crippen molar-refractivity contribution in [3.63, 3.8) is 0 Å². The molecule has 0 radical (unpaired) electrons. The summed E-state index contributed by atoms with van der Waals surface area (Å²) in [5, 5.41) is 12.2. The minimum absolute atomic E-state index is 0.150. The van der Waals surface area contributed by atoms with Crippen LogP contribution in [0, 0.1) is 11.7 Å². The van der Waals surface area contributed by atoms with Gasteiger partial charge in [-0.3, -0.25) is 4.90 Å². The van der Waals surface area contributed by atoms with Crippen LogP contribution in [0.15, 0.2) is 48.5 Å².